The number of aryl methyl sites for hydroxylation is 1. The lowest BCUT2D eigenvalue weighted by Crippen LogP contribution is -2.17. The predicted octanol–water partition coefficient (Wildman–Crippen LogP) is 0.545. The molecule has 17 heavy (non-hydrogen) atoms. The molecular formula is C10H14N2O4S. The monoisotopic (exact) mass is 258 g/mol. The molecule has 6 nitrogen and oxygen atoms in total. The van der Waals surface area contributed by atoms with Gasteiger partial charge in [-0.3, -0.25) is 0 Å². The van der Waals surface area contributed by atoms with Gasteiger partial charge >= 0.3 is 5.97 Å². The van der Waals surface area contributed by atoms with Gasteiger partial charge in [-0.25, -0.2) is 18.2 Å². The molecule has 0 amide bonds. The molecule has 0 bridgehead atoms. The summed E-state index contributed by atoms with van der Waals surface area (Å²) < 4.78 is 21.9. The van der Waals surface area contributed by atoms with Crippen molar-refractivity contribution in [2.24, 2.45) is 0 Å². The zero-order valence-electron chi connectivity index (χ0n) is 9.60. The Morgan fingerprint density at radius 3 is 2.71 bits per heavy atom. The van der Waals surface area contributed by atoms with Gasteiger partial charge in [0.15, 0.2) is 0 Å². The fourth-order valence-electron chi connectivity index (χ4n) is 1.32. The summed E-state index contributed by atoms with van der Waals surface area (Å²) in [5.41, 5.74) is 0.648. The summed E-state index contributed by atoms with van der Waals surface area (Å²) in [5, 5.41) is 11.7. The first-order valence-electron chi connectivity index (χ1n) is 4.92. The lowest BCUT2D eigenvalue weighted by atomic mass is 10.1. The van der Waals surface area contributed by atoms with Crippen LogP contribution in [0.15, 0.2) is 12.3 Å². The van der Waals surface area contributed by atoms with Crippen molar-refractivity contribution in [3.8, 4) is 0 Å². The number of aromatic nitrogens is 1. The highest BCUT2D eigenvalue weighted by Gasteiger charge is 2.14. The Balaban J connectivity index is 2.85. The molecule has 0 aliphatic rings. The third-order valence-corrected chi connectivity index (χ3v) is 3.08. The molecule has 0 atom stereocenters. The summed E-state index contributed by atoms with van der Waals surface area (Å²) in [5.74, 6) is -0.958. The highest BCUT2D eigenvalue weighted by Crippen LogP contribution is 2.16. The normalized spacial score (nSPS) is 11.2. The van der Waals surface area contributed by atoms with Gasteiger partial charge in [0, 0.05) is 19.0 Å². The van der Waals surface area contributed by atoms with E-state index in [2.05, 4.69) is 10.3 Å². The van der Waals surface area contributed by atoms with E-state index in [1.807, 2.05) is 0 Å². The fraction of sp³-hybridized carbons (Fsp3) is 0.400. The van der Waals surface area contributed by atoms with Crippen molar-refractivity contribution in [3.63, 3.8) is 0 Å². The number of aromatic carboxylic acids is 1. The van der Waals surface area contributed by atoms with E-state index in [9.17, 15) is 13.2 Å². The van der Waals surface area contributed by atoms with Crippen molar-refractivity contribution in [1.29, 1.82) is 0 Å². The lowest BCUT2D eigenvalue weighted by molar-refractivity contribution is 0.0697. The van der Waals surface area contributed by atoms with E-state index in [1.165, 1.54) is 6.20 Å². The van der Waals surface area contributed by atoms with Crippen LogP contribution in [0.1, 0.15) is 15.9 Å². The molecule has 1 heterocycles. The summed E-state index contributed by atoms with van der Waals surface area (Å²) in [6.45, 7) is 1.79. The van der Waals surface area contributed by atoms with Crippen LogP contribution in [-0.4, -0.2) is 43.0 Å². The van der Waals surface area contributed by atoms with Crippen LogP contribution < -0.4 is 5.32 Å². The third kappa shape index (κ3) is 4.03. The number of nitrogens with one attached hydrogen (secondary N) is 1. The zero-order chi connectivity index (χ0) is 13.1. The smallest absolute Gasteiger partial charge is 0.339 e. The summed E-state index contributed by atoms with van der Waals surface area (Å²) in [7, 11) is -3.08. The predicted molar refractivity (Wildman–Crippen MR) is 64.1 cm³/mol. The molecule has 0 radical (unpaired) electrons. The second-order valence-electron chi connectivity index (χ2n) is 3.71. The topological polar surface area (TPSA) is 96.4 Å². The van der Waals surface area contributed by atoms with Crippen molar-refractivity contribution in [2.75, 3.05) is 23.9 Å². The van der Waals surface area contributed by atoms with Crippen LogP contribution in [0.3, 0.4) is 0 Å². The van der Waals surface area contributed by atoms with Crippen molar-refractivity contribution in [2.45, 2.75) is 6.92 Å². The Hall–Kier alpha value is -1.63. The summed E-state index contributed by atoms with van der Waals surface area (Å²) >= 11 is 0. The van der Waals surface area contributed by atoms with Crippen molar-refractivity contribution in [1.82, 2.24) is 4.98 Å². The van der Waals surface area contributed by atoms with Crippen LogP contribution in [0, 0.1) is 6.92 Å². The maximum absolute atomic E-state index is 11.0. The standard InChI is InChI=1S/C10H14N2O4S/c1-7-3-4-11-9(8(7)10(13)14)12-5-6-17(2,15)16/h3-4H,5-6H2,1-2H3,(H,11,12)(H,13,14). The number of rotatable bonds is 5. The maximum atomic E-state index is 11.0. The van der Waals surface area contributed by atoms with Gasteiger partial charge in [0.05, 0.1) is 5.75 Å². The minimum Gasteiger partial charge on any atom is -0.478 e. The number of hydrogen-bond donors (Lipinski definition) is 2. The molecular weight excluding hydrogens is 244 g/mol. The minimum atomic E-state index is -3.08. The van der Waals surface area contributed by atoms with Crippen LogP contribution in [0.25, 0.3) is 0 Å². The lowest BCUT2D eigenvalue weighted by Gasteiger charge is -2.09. The van der Waals surface area contributed by atoms with Crippen LogP contribution in [0.5, 0.6) is 0 Å². The summed E-state index contributed by atoms with van der Waals surface area (Å²) in [6.07, 6.45) is 2.60. The zero-order valence-corrected chi connectivity index (χ0v) is 10.4. The molecule has 2 N–H and O–H groups in total. The Bertz CT molecular complexity index is 525. The van der Waals surface area contributed by atoms with Gasteiger partial charge < -0.3 is 10.4 Å². The van der Waals surface area contributed by atoms with Gasteiger partial charge in [-0.1, -0.05) is 0 Å². The first-order valence-corrected chi connectivity index (χ1v) is 6.98. The first-order chi connectivity index (χ1) is 7.81. The molecule has 0 saturated heterocycles. The van der Waals surface area contributed by atoms with E-state index in [1.54, 1.807) is 13.0 Å². The highest BCUT2D eigenvalue weighted by atomic mass is 32.2. The molecule has 0 aliphatic heterocycles. The van der Waals surface area contributed by atoms with Gasteiger partial charge in [0.2, 0.25) is 0 Å². The molecule has 0 aromatic carbocycles. The van der Waals surface area contributed by atoms with E-state index in [-0.39, 0.29) is 23.7 Å². The van der Waals surface area contributed by atoms with E-state index < -0.39 is 15.8 Å². The Morgan fingerprint density at radius 1 is 1.53 bits per heavy atom. The Labute approximate surface area is 99.6 Å². The average Bonchev–Trinajstić information content (AvgIpc) is 2.14. The number of pyridine rings is 1. The molecule has 7 heteroatoms. The molecule has 1 aromatic heterocycles. The van der Waals surface area contributed by atoms with Gasteiger partial charge in [0.25, 0.3) is 0 Å². The average molecular weight is 258 g/mol. The highest BCUT2D eigenvalue weighted by molar-refractivity contribution is 7.90. The van der Waals surface area contributed by atoms with Crippen molar-refractivity contribution in [3.05, 3.63) is 23.4 Å². The number of carbonyl (C=O) groups is 1. The van der Waals surface area contributed by atoms with E-state index in [0.29, 0.717) is 5.56 Å². The third-order valence-electron chi connectivity index (χ3n) is 2.14. The molecule has 0 aliphatic carbocycles. The fourth-order valence-corrected chi connectivity index (χ4v) is 1.79. The molecule has 0 saturated carbocycles. The van der Waals surface area contributed by atoms with Gasteiger partial charge in [0.1, 0.15) is 21.2 Å². The number of anilines is 1. The Morgan fingerprint density at radius 2 is 2.18 bits per heavy atom. The number of sulfone groups is 1. The molecule has 1 aromatic rings. The van der Waals surface area contributed by atoms with Crippen LogP contribution in [0.4, 0.5) is 5.82 Å². The summed E-state index contributed by atoms with van der Waals surface area (Å²) in [6, 6.07) is 1.59. The molecule has 0 fully saturated rings. The second-order valence-corrected chi connectivity index (χ2v) is 5.97. The van der Waals surface area contributed by atoms with E-state index in [4.69, 9.17) is 5.11 Å². The molecule has 0 spiro atoms. The van der Waals surface area contributed by atoms with Crippen LogP contribution >= 0.6 is 0 Å². The minimum absolute atomic E-state index is 0.0678. The number of hydrogen-bond acceptors (Lipinski definition) is 5. The van der Waals surface area contributed by atoms with Gasteiger partial charge in [-0.05, 0) is 18.6 Å². The largest absolute Gasteiger partial charge is 0.478 e. The SMILES string of the molecule is Cc1ccnc(NCCS(C)(=O)=O)c1C(=O)O. The van der Waals surface area contributed by atoms with Crippen molar-refractivity contribution >= 4 is 21.6 Å². The van der Waals surface area contributed by atoms with Crippen molar-refractivity contribution < 1.29 is 18.3 Å². The molecule has 1 rings (SSSR count). The van der Waals surface area contributed by atoms with Crippen LogP contribution in [0.2, 0.25) is 0 Å². The van der Waals surface area contributed by atoms with Gasteiger partial charge in [-0.15, -0.1) is 0 Å². The van der Waals surface area contributed by atoms with Crippen LogP contribution in [-0.2, 0) is 9.84 Å². The molecule has 0 unspecified atom stereocenters. The number of carboxylic acids is 1. The summed E-state index contributed by atoms with van der Waals surface area (Å²) in [4.78, 5) is 14.9. The quantitative estimate of drug-likeness (QED) is 0.800. The maximum Gasteiger partial charge on any atom is 0.339 e. The number of carboxylic acid groups (broad SMARTS) is 1. The molecule has 94 valence electrons. The Kier molecular flexibility index (Phi) is 4.06. The second kappa shape index (κ2) is 5.13. The van der Waals surface area contributed by atoms with Gasteiger partial charge in [-0.2, -0.15) is 0 Å². The first kappa shape index (κ1) is 13.4. The van der Waals surface area contributed by atoms with E-state index >= 15 is 0 Å². The van der Waals surface area contributed by atoms with E-state index in [0.717, 1.165) is 6.26 Å². The number of nitrogens with zero attached hydrogens (tertiary/aromatic N) is 1.